The summed E-state index contributed by atoms with van der Waals surface area (Å²) in [7, 11) is 4.18. The summed E-state index contributed by atoms with van der Waals surface area (Å²) >= 11 is 3.42. The predicted molar refractivity (Wildman–Crippen MR) is 84.4 cm³/mol. The van der Waals surface area contributed by atoms with E-state index in [1.807, 2.05) is 0 Å². The van der Waals surface area contributed by atoms with Crippen LogP contribution in [0, 0.1) is 6.92 Å². The quantitative estimate of drug-likeness (QED) is 0.889. The first kappa shape index (κ1) is 14.4. The Labute approximate surface area is 122 Å². The molecule has 0 aliphatic rings. The smallest absolute Gasteiger partial charge is 0.183 e. The zero-order valence-electron chi connectivity index (χ0n) is 11.9. The van der Waals surface area contributed by atoms with Crippen molar-refractivity contribution in [3.63, 3.8) is 0 Å². The fourth-order valence-electron chi connectivity index (χ4n) is 1.73. The van der Waals surface area contributed by atoms with Crippen LogP contribution in [0.5, 0.6) is 0 Å². The minimum Gasteiger partial charge on any atom is -0.362 e. The highest BCUT2D eigenvalue weighted by molar-refractivity contribution is 7.16. The number of likely N-dealkylation sites (N-methyl/N-ethyl adjacent to an activating group) is 1. The Kier molecular flexibility index (Phi) is 4.90. The molecule has 4 nitrogen and oxygen atoms in total. The first-order chi connectivity index (χ1) is 9.10. The summed E-state index contributed by atoms with van der Waals surface area (Å²) in [4.78, 5) is 12.6. The zero-order valence-corrected chi connectivity index (χ0v) is 13.5. The summed E-state index contributed by atoms with van der Waals surface area (Å²) in [6.07, 6.45) is 1.00. The van der Waals surface area contributed by atoms with Crippen LogP contribution in [0.15, 0.2) is 5.38 Å². The molecule has 0 aromatic carbocycles. The van der Waals surface area contributed by atoms with Crippen molar-refractivity contribution in [3.05, 3.63) is 16.1 Å². The lowest BCUT2D eigenvalue weighted by Crippen LogP contribution is -2.14. The molecular formula is C13H20N4S2. The minimum absolute atomic E-state index is 0.905. The monoisotopic (exact) mass is 296 g/mol. The molecule has 0 atom stereocenters. The number of nitrogens with one attached hydrogen (secondary N) is 1. The van der Waals surface area contributed by atoms with E-state index in [4.69, 9.17) is 0 Å². The van der Waals surface area contributed by atoms with Gasteiger partial charge in [0.25, 0.3) is 0 Å². The maximum Gasteiger partial charge on any atom is 0.183 e. The van der Waals surface area contributed by atoms with Gasteiger partial charge in [-0.15, -0.1) is 22.7 Å². The Bertz CT molecular complexity index is 530. The van der Waals surface area contributed by atoms with E-state index in [-0.39, 0.29) is 0 Å². The number of hydrogen-bond donors (Lipinski definition) is 1. The molecule has 0 spiro atoms. The van der Waals surface area contributed by atoms with E-state index >= 15 is 0 Å². The van der Waals surface area contributed by atoms with E-state index < -0.39 is 0 Å². The molecule has 1 N–H and O–H groups in total. The number of aryl methyl sites for hydroxylation is 1. The van der Waals surface area contributed by atoms with Crippen molar-refractivity contribution in [2.45, 2.75) is 20.3 Å². The Hall–Kier alpha value is -0.980. The average Bonchev–Trinajstić information content (AvgIpc) is 2.94. The normalized spacial score (nSPS) is 11.2. The first-order valence-electron chi connectivity index (χ1n) is 6.41. The van der Waals surface area contributed by atoms with Crippen LogP contribution < -0.4 is 5.32 Å². The van der Waals surface area contributed by atoms with Crippen LogP contribution in [0.3, 0.4) is 0 Å². The molecule has 2 aromatic rings. The van der Waals surface area contributed by atoms with Gasteiger partial charge in [0.15, 0.2) is 5.13 Å². The lowest BCUT2D eigenvalue weighted by Gasteiger charge is -2.06. The lowest BCUT2D eigenvalue weighted by molar-refractivity contribution is 0.413. The summed E-state index contributed by atoms with van der Waals surface area (Å²) in [6, 6.07) is 0. The highest BCUT2D eigenvalue weighted by Crippen LogP contribution is 2.32. The van der Waals surface area contributed by atoms with Crippen LogP contribution >= 0.6 is 22.7 Å². The summed E-state index contributed by atoms with van der Waals surface area (Å²) < 4.78 is 0. The van der Waals surface area contributed by atoms with E-state index in [0.29, 0.717) is 0 Å². The molecule has 0 aliphatic heterocycles. The van der Waals surface area contributed by atoms with Crippen LogP contribution in [0.1, 0.15) is 17.6 Å². The molecule has 6 heteroatoms. The molecule has 2 rings (SSSR count). The molecule has 0 amide bonds. The largest absolute Gasteiger partial charge is 0.362 e. The summed E-state index contributed by atoms with van der Waals surface area (Å²) in [6.45, 7) is 6.09. The lowest BCUT2D eigenvalue weighted by atomic mass is 10.3. The van der Waals surface area contributed by atoms with Crippen LogP contribution in [-0.4, -0.2) is 42.1 Å². The van der Waals surface area contributed by atoms with Crippen molar-refractivity contribution in [2.24, 2.45) is 0 Å². The van der Waals surface area contributed by atoms with Crippen molar-refractivity contribution >= 4 is 27.8 Å². The third kappa shape index (κ3) is 3.75. The van der Waals surface area contributed by atoms with Crippen LogP contribution in [0.4, 0.5) is 5.13 Å². The maximum absolute atomic E-state index is 4.65. The molecule has 19 heavy (non-hydrogen) atoms. The number of rotatable bonds is 6. The second-order valence-electron chi connectivity index (χ2n) is 4.64. The van der Waals surface area contributed by atoms with Crippen molar-refractivity contribution in [1.29, 1.82) is 0 Å². The van der Waals surface area contributed by atoms with Gasteiger partial charge in [-0.2, -0.15) is 0 Å². The van der Waals surface area contributed by atoms with Crippen LogP contribution in [0.25, 0.3) is 10.6 Å². The topological polar surface area (TPSA) is 41.1 Å². The van der Waals surface area contributed by atoms with E-state index in [0.717, 1.165) is 36.0 Å². The SMILES string of the molecule is CCNc1nc(-c2sc(CCN(C)C)nc2C)cs1. The van der Waals surface area contributed by atoms with Gasteiger partial charge < -0.3 is 10.2 Å². The van der Waals surface area contributed by atoms with Crippen molar-refractivity contribution in [2.75, 3.05) is 32.5 Å². The van der Waals surface area contributed by atoms with Gasteiger partial charge in [-0.1, -0.05) is 0 Å². The summed E-state index contributed by atoms with van der Waals surface area (Å²) in [5.74, 6) is 0. The fourth-order valence-corrected chi connectivity index (χ4v) is 3.59. The fraction of sp³-hybridized carbons (Fsp3) is 0.538. The molecular weight excluding hydrogens is 276 g/mol. The van der Waals surface area contributed by atoms with Gasteiger partial charge in [0, 0.05) is 24.9 Å². The molecule has 0 radical (unpaired) electrons. The van der Waals surface area contributed by atoms with E-state index in [1.54, 1.807) is 22.7 Å². The molecule has 0 saturated heterocycles. The van der Waals surface area contributed by atoms with Gasteiger partial charge in [0.1, 0.15) is 0 Å². The van der Waals surface area contributed by atoms with Gasteiger partial charge in [0.2, 0.25) is 0 Å². The Morgan fingerprint density at radius 3 is 2.79 bits per heavy atom. The van der Waals surface area contributed by atoms with Crippen LogP contribution in [-0.2, 0) is 6.42 Å². The molecule has 2 heterocycles. The van der Waals surface area contributed by atoms with E-state index in [1.165, 1.54) is 9.88 Å². The molecule has 0 saturated carbocycles. The number of nitrogens with zero attached hydrogens (tertiary/aromatic N) is 3. The highest BCUT2D eigenvalue weighted by atomic mass is 32.1. The predicted octanol–water partition coefficient (Wildman–Crippen LogP) is 3.11. The summed E-state index contributed by atoms with van der Waals surface area (Å²) in [5, 5.41) is 7.53. The second-order valence-corrected chi connectivity index (χ2v) is 6.59. The minimum atomic E-state index is 0.905. The number of hydrogen-bond acceptors (Lipinski definition) is 6. The molecule has 104 valence electrons. The summed E-state index contributed by atoms with van der Waals surface area (Å²) in [5.41, 5.74) is 2.14. The molecule has 2 aromatic heterocycles. The Morgan fingerprint density at radius 1 is 1.32 bits per heavy atom. The molecule has 0 aliphatic carbocycles. The standard InChI is InChI=1S/C13H20N4S2/c1-5-14-13-16-10(8-18-13)12-9(2)15-11(19-12)6-7-17(3)4/h8H,5-7H2,1-4H3,(H,14,16). The number of aromatic nitrogens is 2. The van der Waals surface area contributed by atoms with Gasteiger partial charge in [-0.3, -0.25) is 0 Å². The van der Waals surface area contributed by atoms with Gasteiger partial charge >= 0.3 is 0 Å². The van der Waals surface area contributed by atoms with E-state index in [2.05, 4.69) is 53.5 Å². The molecule has 0 fully saturated rings. The van der Waals surface area contributed by atoms with Gasteiger partial charge in [-0.05, 0) is 27.9 Å². The first-order valence-corrected chi connectivity index (χ1v) is 8.10. The van der Waals surface area contributed by atoms with Gasteiger partial charge in [-0.25, -0.2) is 9.97 Å². The van der Waals surface area contributed by atoms with Crippen LogP contribution in [0.2, 0.25) is 0 Å². The third-order valence-electron chi connectivity index (χ3n) is 2.68. The van der Waals surface area contributed by atoms with E-state index in [9.17, 15) is 0 Å². The van der Waals surface area contributed by atoms with Gasteiger partial charge in [0.05, 0.1) is 21.3 Å². The second kappa shape index (κ2) is 6.45. The maximum atomic E-state index is 4.65. The van der Waals surface area contributed by atoms with Crippen molar-refractivity contribution in [3.8, 4) is 10.6 Å². The number of anilines is 1. The third-order valence-corrected chi connectivity index (χ3v) is 4.72. The highest BCUT2D eigenvalue weighted by Gasteiger charge is 2.13. The zero-order chi connectivity index (χ0) is 13.8. The Morgan fingerprint density at radius 2 is 2.11 bits per heavy atom. The van der Waals surface area contributed by atoms with Crippen molar-refractivity contribution < 1.29 is 0 Å². The average molecular weight is 296 g/mol. The molecule has 0 bridgehead atoms. The number of thiazole rings is 2. The molecule has 0 unspecified atom stereocenters. The Balaban J connectivity index is 2.14. The van der Waals surface area contributed by atoms with Crippen molar-refractivity contribution in [1.82, 2.24) is 14.9 Å².